The fourth-order valence-corrected chi connectivity index (χ4v) is 4.95. The zero-order chi connectivity index (χ0) is 17.7. The second-order valence-corrected chi connectivity index (χ2v) is 7.92. The van der Waals surface area contributed by atoms with Crippen LogP contribution in [0.4, 0.5) is 0 Å². The lowest BCUT2D eigenvalue weighted by atomic mass is 9.89. The molecule has 7 heteroatoms. The van der Waals surface area contributed by atoms with E-state index in [1.807, 2.05) is 20.8 Å². The number of thiophene rings is 1. The van der Waals surface area contributed by atoms with Crippen molar-refractivity contribution in [1.29, 1.82) is 0 Å². The second kappa shape index (κ2) is 6.05. The van der Waals surface area contributed by atoms with Gasteiger partial charge in [-0.3, -0.25) is 4.79 Å². The maximum absolute atomic E-state index is 12.7. The molecule has 0 radical (unpaired) electrons. The van der Waals surface area contributed by atoms with Gasteiger partial charge in [-0.1, -0.05) is 6.92 Å². The van der Waals surface area contributed by atoms with Crippen LogP contribution in [-0.4, -0.2) is 43.5 Å². The van der Waals surface area contributed by atoms with E-state index in [1.165, 1.54) is 16.9 Å². The number of hydrogen-bond acceptors (Lipinski definition) is 5. The summed E-state index contributed by atoms with van der Waals surface area (Å²) in [6.45, 7) is 9.47. The molecule has 1 aliphatic carbocycles. The minimum Gasteiger partial charge on any atom is -0.336 e. The number of hydrogen-bond donors (Lipinski definition) is 0. The highest BCUT2D eigenvalue weighted by Crippen LogP contribution is 2.38. The van der Waals surface area contributed by atoms with Gasteiger partial charge in [-0.2, -0.15) is 4.52 Å². The lowest BCUT2D eigenvalue weighted by Gasteiger charge is -2.17. The Morgan fingerprint density at radius 1 is 1.32 bits per heavy atom. The molecule has 1 amide bonds. The van der Waals surface area contributed by atoms with Gasteiger partial charge in [0.1, 0.15) is 10.7 Å². The molecule has 3 heterocycles. The van der Waals surface area contributed by atoms with Crippen LogP contribution in [0.25, 0.3) is 15.9 Å². The molecule has 3 aromatic heterocycles. The van der Waals surface area contributed by atoms with Crippen LogP contribution in [0.1, 0.15) is 54.1 Å². The van der Waals surface area contributed by atoms with Crippen LogP contribution in [-0.2, 0) is 12.8 Å². The zero-order valence-electron chi connectivity index (χ0n) is 15.2. The third-order valence-corrected chi connectivity index (χ3v) is 6.32. The zero-order valence-corrected chi connectivity index (χ0v) is 16.0. The van der Waals surface area contributed by atoms with Crippen molar-refractivity contribution >= 4 is 33.1 Å². The third kappa shape index (κ3) is 2.52. The highest BCUT2D eigenvalue weighted by atomic mass is 32.1. The van der Waals surface area contributed by atoms with Gasteiger partial charge in [-0.05, 0) is 51.5 Å². The molecule has 3 aromatic rings. The van der Waals surface area contributed by atoms with Gasteiger partial charge in [0.15, 0.2) is 5.65 Å². The first-order chi connectivity index (χ1) is 12.0. The van der Waals surface area contributed by atoms with Crippen molar-refractivity contribution in [3.63, 3.8) is 0 Å². The van der Waals surface area contributed by atoms with Gasteiger partial charge < -0.3 is 4.90 Å². The normalized spacial score (nSPS) is 17.2. The summed E-state index contributed by atoms with van der Waals surface area (Å²) < 4.78 is 1.74. The quantitative estimate of drug-likeness (QED) is 0.722. The molecule has 0 N–H and O–H groups in total. The predicted octanol–water partition coefficient (Wildman–Crippen LogP) is 3.25. The number of aromatic nitrogens is 4. The van der Waals surface area contributed by atoms with Gasteiger partial charge in [0, 0.05) is 18.0 Å². The SMILES string of the molecule is CCN(CC)C(=O)c1nc2c3c4c(sc3nc(C)n2n1)CC[C@@H](C)C4. The highest BCUT2D eigenvalue weighted by molar-refractivity contribution is 7.19. The van der Waals surface area contributed by atoms with E-state index in [2.05, 4.69) is 17.0 Å². The molecule has 0 saturated carbocycles. The Morgan fingerprint density at radius 2 is 2.08 bits per heavy atom. The molecule has 1 atom stereocenters. The van der Waals surface area contributed by atoms with Crippen LogP contribution in [0.3, 0.4) is 0 Å². The van der Waals surface area contributed by atoms with E-state index in [1.54, 1.807) is 20.8 Å². The monoisotopic (exact) mass is 357 g/mol. The summed E-state index contributed by atoms with van der Waals surface area (Å²) in [6.07, 6.45) is 3.40. The molecular formula is C18H23N5OS. The van der Waals surface area contributed by atoms with Crippen LogP contribution in [0, 0.1) is 12.8 Å². The van der Waals surface area contributed by atoms with Gasteiger partial charge in [0.05, 0.1) is 5.39 Å². The number of fused-ring (bicyclic) bond motifs is 5. The molecule has 0 spiro atoms. The van der Waals surface area contributed by atoms with Crippen molar-refractivity contribution in [2.75, 3.05) is 13.1 Å². The summed E-state index contributed by atoms with van der Waals surface area (Å²) in [7, 11) is 0. The number of aryl methyl sites for hydroxylation is 2. The first kappa shape index (κ1) is 16.4. The number of nitrogens with zero attached hydrogens (tertiary/aromatic N) is 5. The van der Waals surface area contributed by atoms with Crippen LogP contribution in [0.2, 0.25) is 0 Å². The second-order valence-electron chi connectivity index (χ2n) is 6.84. The average molecular weight is 357 g/mol. The molecular weight excluding hydrogens is 334 g/mol. The lowest BCUT2D eigenvalue weighted by Crippen LogP contribution is -2.31. The topological polar surface area (TPSA) is 63.4 Å². The predicted molar refractivity (Wildman–Crippen MR) is 99.3 cm³/mol. The van der Waals surface area contributed by atoms with Crippen molar-refractivity contribution < 1.29 is 4.79 Å². The smallest absolute Gasteiger partial charge is 0.293 e. The van der Waals surface area contributed by atoms with Crippen molar-refractivity contribution in [1.82, 2.24) is 24.5 Å². The summed E-state index contributed by atoms with van der Waals surface area (Å²) in [5.41, 5.74) is 2.15. The molecule has 4 rings (SSSR count). The lowest BCUT2D eigenvalue weighted by molar-refractivity contribution is 0.0761. The van der Waals surface area contributed by atoms with Crippen molar-refractivity contribution in [2.24, 2.45) is 5.92 Å². The molecule has 0 fully saturated rings. The third-order valence-electron chi connectivity index (χ3n) is 5.13. The van der Waals surface area contributed by atoms with E-state index in [4.69, 9.17) is 4.98 Å². The van der Waals surface area contributed by atoms with Crippen LogP contribution < -0.4 is 0 Å². The highest BCUT2D eigenvalue weighted by Gasteiger charge is 2.26. The van der Waals surface area contributed by atoms with Crippen molar-refractivity contribution in [3.05, 3.63) is 22.1 Å². The number of carbonyl (C=O) groups excluding carboxylic acids is 1. The molecule has 0 unspecified atom stereocenters. The number of carbonyl (C=O) groups is 1. The van der Waals surface area contributed by atoms with Gasteiger partial charge in [0.2, 0.25) is 5.82 Å². The summed E-state index contributed by atoms with van der Waals surface area (Å²) in [4.78, 5) is 26.3. The molecule has 6 nitrogen and oxygen atoms in total. The van der Waals surface area contributed by atoms with Crippen molar-refractivity contribution in [3.8, 4) is 0 Å². The molecule has 0 saturated heterocycles. The summed E-state index contributed by atoms with van der Waals surface area (Å²) in [5.74, 6) is 1.61. The summed E-state index contributed by atoms with van der Waals surface area (Å²) >= 11 is 1.78. The minimum absolute atomic E-state index is 0.112. The molecule has 0 aromatic carbocycles. The standard InChI is InChI=1S/C18H23N5OS/c1-5-22(6-2)18(24)15-20-16-14-12-9-10(3)7-8-13(12)25-17(14)19-11(4)23(16)21-15/h10H,5-9H2,1-4H3/t10-/m1/s1. The van der Waals surface area contributed by atoms with Gasteiger partial charge >= 0.3 is 0 Å². The fourth-order valence-electron chi connectivity index (χ4n) is 3.69. The first-order valence-electron chi connectivity index (χ1n) is 9.00. The molecule has 1 aliphatic rings. The Bertz CT molecular complexity index is 969. The minimum atomic E-state index is -0.112. The maximum atomic E-state index is 12.7. The molecule has 132 valence electrons. The molecule has 0 aliphatic heterocycles. The Labute approximate surface area is 150 Å². The molecule has 0 bridgehead atoms. The van der Waals surface area contributed by atoms with E-state index >= 15 is 0 Å². The largest absolute Gasteiger partial charge is 0.336 e. The first-order valence-corrected chi connectivity index (χ1v) is 9.82. The Morgan fingerprint density at radius 3 is 2.80 bits per heavy atom. The van der Waals surface area contributed by atoms with Crippen LogP contribution in [0.5, 0.6) is 0 Å². The van der Waals surface area contributed by atoms with E-state index in [9.17, 15) is 4.79 Å². The Balaban J connectivity index is 1.94. The number of rotatable bonds is 3. The Hall–Kier alpha value is -2.02. The maximum Gasteiger partial charge on any atom is 0.293 e. The van der Waals surface area contributed by atoms with Crippen LogP contribution in [0.15, 0.2) is 0 Å². The van der Waals surface area contributed by atoms with E-state index < -0.39 is 0 Å². The van der Waals surface area contributed by atoms with Crippen LogP contribution >= 0.6 is 11.3 Å². The van der Waals surface area contributed by atoms with E-state index in [-0.39, 0.29) is 11.7 Å². The van der Waals surface area contributed by atoms with Crippen molar-refractivity contribution in [2.45, 2.75) is 47.0 Å². The fraction of sp³-hybridized carbons (Fsp3) is 0.556. The van der Waals surface area contributed by atoms with E-state index in [0.29, 0.717) is 19.0 Å². The van der Waals surface area contributed by atoms with Gasteiger partial charge in [0.25, 0.3) is 5.91 Å². The van der Waals surface area contributed by atoms with Gasteiger partial charge in [-0.15, -0.1) is 16.4 Å². The van der Waals surface area contributed by atoms with Gasteiger partial charge in [-0.25, -0.2) is 9.97 Å². The summed E-state index contributed by atoms with van der Waals surface area (Å²) in [6, 6.07) is 0. The Kier molecular flexibility index (Phi) is 3.98. The average Bonchev–Trinajstić information content (AvgIpc) is 3.17. The summed E-state index contributed by atoms with van der Waals surface area (Å²) in [5, 5.41) is 5.58. The van der Waals surface area contributed by atoms with E-state index in [0.717, 1.165) is 34.5 Å². The molecule has 25 heavy (non-hydrogen) atoms. The number of amides is 1.